The summed E-state index contributed by atoms with van der Waals surface area (Å²) in [4.78, 5) is 14.9. The molecule has 0 unspecified atom stereocenters. The number of nitrogens with one attached hydrogen (secondary N) is 2. The van der Waals surface area contributed by atoms with Crippen molar-refractivity contribution >= 4 is 17.4 Å². The third-order valence-electron chi connectivity index (χ3n) is 5.98. The Labute approximate surface area is 185 Å². The first-order chi connectivity index (χ1) is 15.4. The number of benzene rings is 2. The molecule has 2 amide bonds. The molecule has 8 nitrogen and oxygen atoms in total. The van der Waals surface area contributed by atoms with E-state index < -0.39 is 30.1 Å². The Morgan fingerprint density at radius 2 is 2.06 bits per heavy atom. The zero-order chi connectivity index (χ0) is 22.8. The number of morpholine rings is 1. The van der Waals surface area contributed by atoms with E-state index in [0.29, 0.717) is 54.4 Å². The fourth-order valence-corrected chi connectivity index (χ4v) is 4.34. The monoisotopic (exact) mass is 445 g/mol. The Hall–Kier alpha value is -2.88. The highest BCUT2D eigenvalue weighted by Gasteiger charge is 2.34. The maximum atomic E-state index is 14.1. The van der Waals surface area contributed by atoms with Gasteiger partial charge in [-0.15, -0.1) is 0 Å². The third-order valence-corrected chi connectivity index (χ3v) is 5.98. The van der Waals surface area contributed by atoms with Gasteiger partial charge in [0.15, 0.2) is 0 Å². The quantitative estimate of drug-likeness (QED) is 0.564. The SMILES string of the molecule is COc1c(NC(=O)N[C@@H]2Cc3c(F)cccc3[C@@H]2O)cc(N2CCOCC2)cc1[C@@H](C)O. The van der Waals surface area contributed by atoms with E-state index in [2.05, 4.69) is 15.5 Å². The minimum atomic E-state index is -0.999. The van der Waals surface area contributed by atoms with Gasteiger partial charge in [0.25, 0.3) is 0 Å². The number of aliphatic hydroxyl groups excluding tert-OH is 2. The van der Waals surface area contributed by atoms with E-state index in [1.54, 1.807) is 25.1 Å². The number of aliphatic hydroxyl groups is 2. The van der Waals surface area contributed by atoms with E-state index in [9.17, 15) is 19.4 Å². The molecular weight excluding hydrogens is 417 g/mol. The summed E-state index contributed by atoms with van der Waals surface area (Å²) in [6, 6.07) is 6.95. The smallest absolute Gasteiger partial charge is 0.319 e. The normalized spacial score (nSPS) is 21.1. The molecule has 0 aromatic heterocycles. The molecule has 1 heterocycles. The Morgan fingerprint density at radius 3 is 2.72 bits per heavy atom. The fourth-order valence-electron chi connectivity index (χ4n) is 4.34. The zero-order valence-corrected chi connectivity index (χ0v) is 18.1. The number of anilines is 2. The highest BCUT2D eigenvalue weighted by Crippen LogP contribution is 2.38. The molecule has 0 radical (unpaired) electrons. The van der Waals surface area contributed by atoms with Crippen molar-refractivity contribution in [3.8, 4) is 5.75 Å². The van der Waals surface area contributed by atoms with Gasteiger partial charge < -0.3 is 35.2 Å². The molecule has 4 rings (SSSR count). The fraction of sp³-hybridized carbons (Fsp3) is 0.435. The van der Waals surface area contributed by atoms with Crippen LogP contribution in [0.4, 0.5) is 20.6 Å². The van der Waals surface area contributed by atoms with Gasteiger partial charge in [0.1, 0.15) is 11.6 Å². The summed E-state index contributed by atoms with van der Waals surface area (Å²) in [7, 11) is 1.47. The number of hydrogen-bond acceptors (Lipinski definition) is 6. The third kappa shape index (κ3) is 4.36. The largest absolute Gasteiger partial charge is 0.494 e. The number of methoxy groups -OCH3 is 1. The first-order valence-electron chi connectivity index (χ1n) is 10.6. The second kappa shape index (κ2) is 9.32. The van der Waals surface area contributed by atoms with Gasteiger partial charge in [-0.1, -0.05) is 12.1 Å². The van der Waals surface area contributed by atoms with Crippen molar-refractivity contribution in [1.82, 2.24) is 5.32 Å². The second-order valence-corrected chi connectivity index (χ2v) is 8.05. The number of urea groups is 1. The minimum absolute atomic E-state index is 0.195. The lowest BCUT2D eigenvalue weighted by Gasteiger charge is -2.30. The van der Waals surface area contributed by atoms with Gasteiger partial charge in [0.05, 0.1) is 44.3 Å². The van der Waals surface area contributed by atoms with Gasteiger partial charge >= 0.3 is 6.03 Å². The van der Waals surface area contributed by atoms with Crippen molar-refractivity contribution in [1.29, 1.82) is 0 Å². The molecular formula is C23H28FN3O5. The number of carbonyl (C=O) groups excluding carboxylic acids is 1. The number of halogens is 1. The van der Waals surface area contributed by atoms with Crippen LogP contribution in [-0.4, -0.2) is 55.7 Å². The Balaban J connectivity index is 1.55. The van der Waals surface area contributed by atoms with Crippen LogP contribution >= 0.6 is 0 Å². The average Bonchev–Trinajstić information content (AvgIpc) is 3.10. The molecule has 2 aromatic rings. The summed E-state index contributed by atoms with van der Waals surface area (Å²) in [6.45, 7) is 4.20. The van der Waals surface area contributed by atoms with Crippen LogP contribution in [0.5, 0.6) is 5.75 Å². The van der Waals surface area contributed by atoms with Crippen LogP contribution in [0.15, 0.2) is 30.3 Å². The molecule has 1 aliphatic carbocycles. The number of rotatable bonds is 5. The van der Waals surface area contributed by atoms with E-state index in [1.807, 2.05) is 6.07 Å². The molecule has 4 N–H and O–H groups in total. The first kappa shape index (κ1) is 22.3. The molecule has 0 saturated carbocycles. The lowest BCUT2D eigenvalue weighted by atomic mass is 10.1. The summed E-state index contributed by atoms with van der Waals surface area (Å²) < 4.78 is 25.0. The molecule has 3 atom stereocenters. The number of fused-ring (bicyclic) bond motifs is 1. The Bertz CT molecular complexity index is 994. The first-order valence-corrected chi connectivity index (χ1v) is 10.6. The number of amides is 2. The van der Waals surface area contributed by atoms with E-state index in [1.165, 1.54) is 13.2 Å². The van der Waals surface area contributed by atoms with Crippen LogP contribution in [0.1, 0.15) is 35.8 Å². The molecule has 0 bridgehead atoms. The molecule has 1 aliphatic heterocycles. The van der Waals surface area contributed by atoms with Crippen molar-refractivity contribution in [2.24, 2.45) is 0 Å². The number of hydrogen-bond donors (Lipinski definition) is 4. The van der Waals surface area contributed by atoms with Gasteiger partial charge in [0.2, 0.25) is 0 Å². The zero-order valence-electron chi connectivity index (χ0n) is 18.1. The van der Waals surface area contributed by atoms with Crippen molar-refractivity contribution in [3.63, 3.8) is 0 Å². The summed E-state index contributed by atoms with van der Waals surface area (Å²) in [5, 5.41) is 26.3. The predicted molar refractivity (Wildman–Crippen MR) is 118 cm³/mol. The maximum Gasteiger partial charge on any atom is 0.319 e. The van der Waals surface area contributed by atoms with E-state index in [0.717, 1.165) is 5.69 Å². The summed E-state index contributed by atoms with van der Waals surface area (Å²) in [6.07, 6.45) is -1.62. The van der Waals surface area contributed by atoms with Gasteiger partial charge in [-0.3, -0.25) is 0 Å². The topological polar surface area (TPSA) is 103 Å². The van der Waals surface area contributed by atoms with E-state index >= 15 is 0 Å². The van der Waals surface area contributed by atoms with E-state index in [4.69, 9.17) is 9.47 Å². The van der Waals surface area contributed by atoms with Crippen LogP contribution in [0, 0.1) is 5.82 Å². The van der Waals surface area contributed by atoms with Gasteiger partial charge in [-0.2, -0.15) is 0 Å². The van der Waals surface area contributed by atoms with Crippen molar-refractivity contribution < 1.29 is 28.9 Å². The number of carbonyl (C=O) groups is 1. The number of nitrogens with zero attached hydrogens (tertiary/aromatic N) is 1. The van der Waals surface area contributed by atoms with Gasteiger partial charge in [-0.05, 0) is 42.7 Å². The molecule has 32 heavy (non-hydrogen) atoms. The molecule has 172 valence electrons. The van der Waals surface area contributed by atoms with Crippen LogP contribution in [0.25, 0.3) is 0 Å². The highest BCUT2D eigenvalue weighted by molar-refractivity contribution is 5.92. The van der Waals surface area contributed by atoms with Crippen LogP contribution in [0.2, 0.25) is 0 Å². The van der Waals surface area contributed by atoms with Crippen LogP contribution < -0.4 is 20.3 Å². The Kier molecular flexibility index (Phi) is 6.50. The van der Waals surface area contributed by atoms with Crippen molar-refractivity contribution in [2.75, 3.05) is 43.6 Å². The Morgan fingerprint density at radius 1 is 1.31 bits per heavy atom. The van der Waals surface area contributed by atoms with Gasteiger partial charge in [-0.25, -0.2) is 9.18 Å². The van der Waals surface area contributed by atoms with E-state index in [-0.39, 0.29) is 6.42 Å². The van der Waals surface area contributed by atoms with Crippen molar-refractivity contribution in [2.45, 2.75) is 31.6 Å². The van der Waals surface area contributed by atoms with Crippen LogP contribution in [0.3, 0.4) is 0 Å². The molecule has 1 fully saturated rings. The molecule has 0 spiro atoms. The molecule has 2 aromatic carbocycles. The lowest BCUT2D eigenvalue weighted by molar-refractivity contribution is 0.122. The van der Waals surface area contributed by atoms with Crippen LogP contribution in [-0.2, 0) is 11.2 Å². The molecule has 1 saturated heterocycles. The standard InChI is InChI=1S/C23H28FN3O5/c1-13(28)16-10-14(27-6-8-32-9-7-27)11-20(22(16)31-2)26-23(30)25-19-12-17-15(21(19)29)4-3-5-18(17)24/h3-5,10-11,13,19,21,28-29H,6-9,12H2,1-2H3,(H2,25,26,30)/t13-,19-,21+/m1/s1. The minimum Gasteiger partial charge on any atom is -0.494 e. The average molecular weight is 445 g/mol. The predicted octanol–water partition coefficient (Wildman–Crippen LogP) is 2.50. The second-order valence-electron chi connectivity index (χ2n) is 8.05. The number of ether oxygens (including phenoxy) is 2. The summed E-state index contributed by atoms with van der Waals surface area (Å²) >= 11 is 0. The highest BCUT2D eigenvalue weighted by atomic mass is 19.1. The van der Waals surface area contributed by atoms with Gasteiger partial charge in [0, 0.05) is 24.3 Å². The molecule has 9 heteroatoms. The lowest BCUT2D eigenvalue weighted by Crippen LogP contribution is -2.40. The van der Waals surface area contributed by atoms with Crippen molar-refractivity contribution in [3.05, 3.63) is 52.8 Å². The summed E-state index contributed by atoms with van der Waals surface area (Å²) in [5.41, 5.74) is 2.66. The summed E-state index contributed by atoms with van der Waals surface area (Å²) in [5.74, 6) is -0.0406. The maximum absolute atomic E-state index is 14.1. The molecule has 2 aliphatic rings.